The minimum Gasteiger partial charge on any atom is -0.358 e. The summed E-state index contributed by atoms with van der Waals surface area (Å²) in [5, 5.41) is 1.08. The van der Waals surface area contributed by atoms with Crippen molar-refractivity contribution in [1.82, 2.24) is 19.9 Å². The van der Waals surface area contributed by atoms with Gasteiger partial charge >= 0.3 is 0 Å². The van der Waals surface area contributed by atoms with Crippen molar-refractivity contribution in [3.05, 3.63) is 64.9 Å². The summed E-state index contributed by atoms with van der Waals surface area (Å²) in [5.74, 6) is 0.421. The van der Waals surface area contributed by atoms with Crippen molar-refractivity contribution in [2.45, 2.75) is 32.7 Å². The molecule has 1 saturated heterocycles. The molecule has 28 heavy (non-hydrogen) atoms. The molecule has 1 fully saturated rings. The molecule has 1 aliphatic heterocycles. The molecule has 2 aromatic heterocycles. The molecule has 3 heterocycles. The summed E-state index contributed by atoms with van der Waals surface area (Å²) in [5.41, 5.74) is 5.19. The van der Waals surface area contributed by atoms with E-state index in [0.717, 1.165) is 35.3 Å². The number of hydrogen-bond donors (Lipinski definition) is 2. The first-order valence-electron chi connectivity index (χ1n) is 9.57. The fraction of sp³-hybridized carbons (Fsp3) is 0.273. The molecule has 6 heteroatoms. The van der Waals surface area contributed by atoms with Gasteiger partial charge in [0.15, 0.2) is 0 Å². The molecule has 0 bridgehead atoms. The minimum absolute atomic E-state index is 0.000914. The van der Waals surface area contributed by atoms with Crippen LogP contribution in [0.1, 0.15) is 46.3 Å². The van der Waals surface area contributed by atoms with Gasteiger partial charge in [-0.1, -0.05) is 12.1 Å². The predicted molar refractivity (Wildman–Crippen MR) is 107 cm³/mol. The van der Waals surface area contributed by atoms with Gasteiger partial charge in [-0.05, 0) is 56.5 Å². The Labute approximate surface area is 161 Å². The molecule has 4 aromatic rings. The Hall–Kier alpha value is -3.15. The van der Waals surface area contributed by atoms with Gasteiger partial charge in [0.25, 0.3) is 5.91 Å². The number of benzene rings is 2. The maximum Gasteiger partial charge on any atom is 0.256 e. The van der Waals surface area contributed by atoms with Crippen LogP contribution < -0.4 is 0 Å². The first kappa shape index (κ1) is 17.0. The van der Waals surface area contributed by atoms with Gasteiger partial charge in [-0.25, -0.2) is 9.37 Å². The van der Waals surface area contributed by atoms with Crippen LogP contribution in [-0.2, 0) is 0 Å². The summed E-state index contributed by atoms with van der Waals surface area (Å²) >= 11 is 0. The van der Waals surface area contributed by atoms with E-state index in [2.05, 4.69) is 21.9 Å². The fourth-order valence-corrected chi connectivity index (χ4v) is 4.27. The molecule has 0 spiro atoms. The Morgan fingerprint density at radius 3 is 2.93 bits per heavy atom. The number of amides is 1. The number of fused-ring (bicyclic) bond motifs is 2. The normalized spacial score (nSPS) is 17.1. The number of carbonyl (C=O) groups is 1. The molecule has 1 atom stereocenters. The van der Waals surface area contributed by atoms with E-state index < -0.39 is 0 Å². The highest BCUT2D eigenvalue weighted by atomic mass is 19.1. The Bertz CT molecular complexity index is 1220. The highest BCUT2D eigenvalue weighted by molar-refractivity contribution is 6.07. The molecule has 1 amide bonds. The second kappa shape index (κ2) is 6.19. The molecular weight excluding hydrogens is 355 g/mol. The number of aromatic amines is 2. The molecule has 0 saturated carbocycles. The standard InChI is InChI=1S/C22H21FN4O/c1-12-13(2)24-20-15(12)5-3-6-16(20)22(28)27-10-4-7-19(27)21-25-17-9-8-14(23)11-18(17)26-21/h3,5-6,8-9,11,19,24H,4,7,10H2,1-2H3,(H,25,26). The molecule has 142 valence electrons. The van der Waals surface area contributed by atoms with Gasteiger partial charge < -0.3 is 14.9 Å². The summed E-state index contributed by atoms with van der Waals surface area (Å²) in [6.45, 7) is 4.77. The van der Waals surface area contributed by atoms with Crippen molar-refractivity contribution in [2.24, 2.45) is 0 Å². The number of imidazole rings is 1. The number of nitrogens with one attached hydrogen (secondary N) is 2. The predicted octanol–water partition coefficient (Wildman–Crippen LogP) is 4.78. The van der Waals surface area contributed by atoms with Gasteiger partial charge in [-0.3, -0.25) is 4.79 Å². The van der Waals surface area contributed by atoms with Gasteiger partial charge in [0, 0.05) is 17.6 Å². The Morgan fingerprint density at radius 1 is 1.21 bits per heavy atom. The van der Waals surface area contributed by atoms with Crippen LogP contribution in [0.15, 0.2) is 36.4 Å². The highest BCUT2D eigenvalue weighted by Crippen LogP contribution is 2.34. The van der Waals surface area contributed by atoms with Gasteiger partial charge in [0.2, 0.25) is 0 Å². The summed E-state index contributed by atoms with van der Waals surface area (Å²) < 4.78 is 13.5. The average molecular weight is 376 g/mol. The zero-order chi connectivity index (χ0) is 19.4. The van der Waals surface area contributed by atoms with Crippen LogP contribution in [-0.4, -0.2) is 32.3 Å². The van der Waals surface area contributed by atoms with Crippen molar-refractivity contribution in [1.29, 1.82) is 0 Å². The van der Waals surface area contributed by atoms with Crippen molar-refractivity contribution in [2.75, 3.05) is 6.54 Å². The first-order valence-corrected chi connectivity index (χ1v) is 9.57. The zero-order valence-corrected chi connectivity index (χ0v) is 15.8. The monoisotopic (exact) mass is 376 g/mol. The van der Waals surface area contributed by atoms with E-state index in [-0.39, 0.29) is 17.8 Å². The molecule has 0 radical (unpaired) electrons. The molecule has 2 N–H and O–H groups in total. The number of likely N-dealkylation sites (tertiary alicyclic amines) is 1. The Balaban J connectivity index is 1.54. The smallest absolute Gasteiger partial charge is 0.256 e. The number of aryl methyl sites for hydroxylation is 2. The molecule has 5 rings (SSSR count). The van der Waals surface area contributed by atoms with Crippen molar-refractivity contribution in [3.8, 4) is 0 Å². The lowest BCUT2D eigenvalue weighted by Gasteiger charge is -2.23. The highest BCUT2D eigenvalue weighted by Gasteiger charge is 2.33. The largest absolute Gasteiger partial charge is 0.358 e. The number of H-pyrrole nitrogens is 2. The van der Waals surface area contributed by atoms with Crippen LogP contribution >= 0.6 is 0 Å². The topological polar surface area (TPSA) is 64.8 Å². The van der Waals surface area contributed by atoms with Crippen LogP contribution in [0.5, 0.6) is 0 Å². The summed E-state index contributed by atoms with van der Waals surface area (Å²) in [7, 11) is 0. The number of aromatic nitrogens is 3. The number of hydrogen-bond acceptors (Lipinski definition) is 2. The summed E-state index contributed by atoms with van der Waals surface area (Å²) in [4.78, 5) is 26.5. The molecule has 5 nitrogen and oxygen atoms in total. The number of nitrogens with zero attached hydrogens (tertiary/aromatic N) is 2. The van der Waals surface area contributed by atoms with E-state index >= 15 is 0 Å². The van der Waals surface area contributed by atoms with Crippen LogP contribution in [0.3, 0.4) is 0 Å². The molecule has 1 aliphatic rings. The number of carbonyl (C=O) groups excluding carboxylic acids is 1. The molecule has 0 aliphatic carbocycles. The second-order valence-electron chi connectivity index (χ2n) is 7.54. The summed E-state index contributed by atoms with van der Waals surface area (Å²) in [6, 6.07) is 10.2. The second-order valence-corrected chi connectivity index (χ2v) is 7.54. The van der Waals surface area contributed by atoms with Gasteiger partial charge in [0.05, 0.1) is 28.2 Å². The number of halogens is 1. The molecular formula is C22H21FN4O. The van der Waals surface area contributed by atoms with E-state index in [1.807, 2.05) is 30.0 Å². The zero-order valence-electron chi connectivity index (χ0n) is 15.8. The summed E-state index contributed by atoms with van der Waals surface area (Å²) in [6.07, 6.45) is 1.76. The van der Waals surface area contributed by atoms with Crippen LogP contribution in [0, 0.1) is 19.7 Å². The average Bonchev–Trinajstić information content (AvgIpc) is 3.38. The lowest BCUT2D eigenvalue weighted by atomic mass is 10.1. The van der Waals surface area contributed by atoms with Gasteiger partial charge in [-0.2, -0.15) is 0 Å². The van der Waals surface area contributed by atoms with Crippen LogP contribution in [0.25, 0.3) is 21.9 Å². The van der Waals surface area contributed by atoms with Crippen LogP contribution in [0.2, 0.25) is 0 Å². The van der Waals surface area contributed by atoms with E-state index in [0.29, 0.717) is 23.1 Å². The van der Waals surface area contributed by atoms with Gasteiger partial charge in [0.1, 0.15) is 11.6 Å². The third-order valence-corrected chi connectivity index (χ3v) is 5.87. The lowest BCUT2D eigenvalue weighted by molar-refractivity contribution is 0.0732. The lowest BCUT2D eigenvalue weighted by Crippen LogP contribution is -2.31. The maximum absolute atomic E-state index is 13.5. The van der Waals surface area contributed by atoms with Crippen LogP contribution in [0.4, 0.5) is 4.39 Å². The van der Waals surface area contributed by atoms with E-state index in [4.69, 9.17) is 0 Å². The third kappa shape index (κ3) is 2.52. The van der Waals surface area contributed by atoms with E-state index in [1.54, 1.807) is 6.07 Å². The van der Waals surface area contributed by atoms with E-state index in [9.17, 15) is 9.18 Å². The minimum atomic E-state index is -0.300. The van der Waals surface area contributed by atoms with Crippen molar-refractivity contribution < 1.29 is 9.18 Å². The first-order chi connectivity index (χ1) is 13.5. The SMILES string of the molecule is Cc1[nH]c2c(C(=O)N3CCCC3c3nc4ccc(F)cc4[nH]3)cccc2c1C. The van der Waals surface area contributed by atoms with Gasteiger partial charge in [-0.15, -0.1) is 0 Å². The Morgan fingerprint density at radius 2 is 2.07 bits per heavy atom. The molecule has 2 aromatic carbocycles. The number of rotatable bonds is 2. The van der Waals surface area contributed by atoms with Crippen molar-refractivity contribution >= 4 is 27.8 Å². The Kier molecular flexibility index (Phi) is 3.75. The quantitative estimate of drug-likeness (QED) is 0.529. The van der Waals surface area contributed by atoms with Crippen molar-refractivity contribution in [3.63, 3.8) is 0 Å². The number of para-hydroxylation sites is 1. The maximum atomic E-state index is 13.5. The van der Waals surface area contributed by atoms with E-state index in [1.165, 1.54) is 17.7 Å². The molecule has 1 unspecified atom stereocenters. The fourth-order valence-electron chi connectivity index (χ4n) is 4.27. The third-order valence-electron chi connectivity index (χ3n) is 5.87.